The molecule has 3 heteroatoms. The van der Waals surface area contributed by atoms with Gasteiger partial charge < -0.3 is 5.32 Å². The zero-order valence-electron chi connectivity index (χ0n) is 11.8. The Morgan fingerprint density at radius 2 is 1.95 bits per heavy atom. The second-order valence-corrected chi connectivity index (χ2v) is 5.61. The van der Waals surface area contributed by atoms with Crippen molar-refractivity contribution >= 4 is 17.7 Å². The van der Waals surface area contributed by atoms with Crippen LogP contribution in [0.15, 0.2) is 48.5 Å². The largest absolute Gasteiger partial charge is 0.348 e. The SMILES string of the molecule is CSCc1cccc(C(=O)NCc2ccccc2C)c1. The van der Waals surface area contributed by atoms with Crippen molar-refractivity contribution in [1.29, 1.82) is 0 Å². The molecule has 0 aliphatic carbocycles. The van der Waals surface area contributed by atoms with E-state index in [9.17, 15) is 4.79 Å². The van der Waals surface area contributed by atoms with E-state index in [-0.39, 0.29) is 5.91 Å². The fourth-order valence-electron chi connectivity index (χ4n) is 2.06. The number of amides is 1. The zero-order chi connectivity index (χ0) is 14.4. The van der Waals surface area contributed by atoms with Gasteiger partial charge in [-0.3, -0.25) is 4.79 Å². The Bertz CT molecular complexity index is 595. The third kappa shape index (κ3) is 3.87. The van der Waals surface area contributed by atoms with Gasteiger partial charge in [0.05, 0.1) is 0 Å². The number of aryl methyl sites for hydroxylation is 1. The Morgan fingerprint density at radius 3 is 2.70 bits per heavy atom. The summed E-state index contributed by atoms with van der Waals surface area (Å²) in [7, 11) is 0. The normalized spacial score (nSPS) is 10.3. The Kier molecular flexibility index (Phi) is 5.24. The third-order valence-corrected chi connectivity index (χ3v) is 3.82. The summed E-state index contributed by atoms with van der Waals surface area (Å²) in [4.78, 5) is 12.2. The summed E-state index contributed by atoms with van der Waals surface area (Å²) < 4.78 is 0. The first-order chi connectivity index (χ1) is 9.70. The van der Waals surface area contributed by atoms with Crippen molar-refractivity contribution in [2.45, 2.75) is 19.2 Å². The lowest BCUT2D eigenvalue weighted by molar-refractivity contribution is 0.0951. The van der Waals surface area contributed by atoms with E-state index in [1.807, 2.05) is 36.4 Å². The molecule has 0 spiro atoms. The highest BCUT2D eigenvalue weighted by molar-refractivity contribution is 7.97. The van der Waals surface area contributed by atoms with Crippen molar-refractivity contribution in [2.24, 2.45) is 0 Å². The molecule has 20 heavy (non-hydrogen) atoms. The molecular weight excluding hydrogens is 266 g/mol. The van der Waals surface area contributed by atoms with Crippen LogP contribution in [0.4, 0.5) is 0 Å². The highest BCUT2D eigenvalue weighted by Crippen LogP contribution is 2.12. The molecule has 0 heterocycles. The Hall–Kier alpha value is -1.74. The average Bonchev–Trinajstić information content (AvgIpc) is 2.47. The van der Waals surface area contributed by atoms with Crippen LogP contribution in [-0.4, -0.2) is 12.2 Å². The molecule has 1 N–H and O–H groups in total. The highest BCUT2D eigenvalue weighted by Gasteiger charge is 2.06. The molecule has 0 saturated carbocycles. The van der Waals surface area contributed by atoms with Crippen molar-refractivity contribution < 1.29 is 4.79 Å². The molecular formula is C17H19NOS. The summed E-state index contributed by atoms with van der Waals surface area (Å²) in [5.74, 6) is 0.912. The second kappa shape index (κ2) is 7.15. The van der Waals surface area contributed by atoms with Crippen molar-refractivity contribution in [3.8, 4) is 0 Å². The summed E-state index contributed by atoms with van der Waals surface area (Å²) in [5.41, 5.74) is 4.26. The maximum absolute atomic E-state index is 12.2. The number of thioether (sulfide) groups is 1. The fourth-order valence-corrected chi connectivity index (χ4v) is 2.57. The number of benzene rings is 2. The standard InChI is InChI=1S/C17H19NOS/c1-13-6-3-4-8-16(13)11-18-17(19)15-9-5-7-14(10-15)12-20-2/h3-10H,11-12H2,1-2H3,(H,18,19). The molecule has 0 bridgehead atoms. The number of nitrogens with one attached hydrogen (secondary N) is 1. The van der Waals surface area contributed by atoms with Gasteiger partial charge in [-0.2, -0.15) is 11.8 Å². The van der Waals surface area contributed by atoms with Gasteiger partial charge in [0.15, 0.2) is 0 Å². The summed E-state index contributed by atoms with van der Waals surface area (Å²) >= 11 is 1.76. The van der Waals surface area contributed by atoms with Gasteiger partial charge >= 0.3 is 0 Å². The lowest BCUT2D eigenvalue weighted by Crippen LogP contribution is -2.23. The lowest BCUT2D eigenvalue weighted by atomic mass is 10.1. The first-order valence-electron chi connectivity index (χ1n) is 6.61. The molecule has 0 fully saturated rings. The minimum Gasteiger partial charge on any atom is -0.348 e. The zero-order valence-corrected chi connectivity index (χ0v) is 12.7. The number of carbonyl (C=O) groups is 1. The minimum absolute atomic E-state index is 0.0174. The lowest BCUT2D eigenvalue weighted by Gasteiger charge is -2.08. The van der Waals surface area contributed by atoms with Crippen LogP contribution in [0, 0.1) is 6.92 Å². The van der Waals surface area contributed by atoms with Crippen molar-refractivity contribution in [1.82, 2.24) is 5.32 Å². The molecule has 1 amide bonds. The van der Waals surface area contributed by atoms with Crippen LogP contribution in [0.5, 0.6) is 0 Å². The molecule has 0 radical (unpaired) electrons. The average molecular weight is 285 g/mol. The first-order valence-corrected chi connectivity index (χ1v) is 8.00. The summed E-state index contributed by atoms with van der Waals surface area (Å²) in [6, 6.07) is 15.9. The first kappa shape index (κ1) is 14.7. The molecule has 2 rings (SSSR count). The van der Waals surface area contributed by atoms with Gasteiger partial charge in [0.25, 0.3) is 5.91 Å². The maximum atomic E-state index is 12.2. The number of hydrogen-bond acceptors (Lipinski definition) is 2. The van der Waals surface area contributed by atoms with E-state index in [4.69, 9.17) is 0 Å². The van der Waals surface area contributed by atoms with Gasteiger partial charge in [0.2, 0.25) is 0 Å². The smallest absolute Gasteiger partial charge is 0.251 e. The van der Waals surface area contributed by atoms with E-state index < -0.39 is 0 Å². The van der Waals surface area contributed by atoms with E-state index in [0.717, 1.165) is 16.9 Å². The van der Waals surface area contributed by atoms with Gasteiger partial charge in [-0.15, -0.1) is 0 Å². The van der Waals surface area contributed by atoms with Gasteiger partial charge in [0.1, 0.15) is 0 Å². The molecule has 104 valence electrons. The third-order valence-electron chi connectivity index (χ3n) is 3.20. The molecule has 2 aromatic carbocycles. The van der Waals surface area contributed by atoms with Crippen molar-refractivity contribution in [3.05, 3.63) is 70.8 Å². The van der Waals surface area contributed by atoms with E-state index >= 15 is 0 Å². The Morgan fingerprint density at radius 1 is 1.15 bits per heavy atom. The molecule has 0 aliphatic rings. The van der Waals surface area contributed by atoms with Crippen LogP contribution in [0.2, 0.25) is 0 Å². The maximum Gasteiger partial charge on any atom is 0.251 e. The molecule has 2 nitrogen and oxygen atoms in total. The van der Waals surface area contributed by atoms with Gasteiger partial charge in [-0.25, -0.2) is 0 Å². The summed E-state index contributed by atoms with van der Waals surface area (Å²) in [5, 5.41) is 2.98. The van der Waals surface area contributed by atoms with E-state index in [0.29, 0.717) is 6.54 Å². The summed E-state index contributed by atoms with van der Waals surface area (Å²) in [6.45, 7) is 2.62. The molecule has 0 aliphatic heterocycles. The Balaban J connectivity index is 2.01. The molecule has 0 unspecified atom stereocenters. The molecule has 0 saturated heterocycles. The summed E-state index contributed by atoms with van der Waals surface area (Å²) in [6.07, 6.45) is 2.06. The van der Waals surface area contributed by atoms with Gasteiger partial charge in [-0.05, 0) is 42.0 Å². The monoisotopic (exact) mass is 285 g/mol. The van der Waals surface area contributed by atoms with Crippen LogP contribution in [0.3, 0.4) is 0 Å². The van der Waals surface area contributed by atoms with Gasteiger partial charge in [-0.1, -0.05) is 36.4 Å². The number of carbonyl (C=O) groups excluding carboxylic acids is 1. The van der Waals surface area contributed by atoms with Gasteiger partial charge in [0, 0.05) is 17.9 Å². The quantitative estimate of drug-likeness (QED) is 0.905. The second-order valence-electron chi connectivity index (χ2n) is 4.74. The van der Waals surface area contributed by atoms with Crippen LogP contribution in [-0.2, 0) is 12.3 Å². The van der Waals surface area contributed by atoms with Crippen LogP contribution in [0.1, 0.15) is 27.0 Å². The van der Waals surface area contributed by atoms with Crippen LogP contribution < -0.4 is 5.32 Å². The van der Waals surface area contributed by atoms with E-state index in [2.05, 4.69) is 30.6 Å². The minimum atomic E-state index is -0.0174. The van der Waals surface area contributed by atoms with Crippen molar-refractivity contribution in [3.63, 3.8) is 0 Å². The molecule has 0 atom stereocenters. The topological polar surface area (TPSA) is 29.1 Å². The van der Waals surface area contributed by atoms with E-state index in [1.54, 1.807) is 11.8 Å². The molecule has 0 aromatic heterocycles. The predicted octanol–water partition coefficient (Wildman–Crippen LogP) is 3.79. The fraction of sp³-hybridized carbons (Fsp3) is 0.235. The van der Waals surface area contributed by atoms with E-state index in [1.165, 1.54) is 11.1 Å². The van der Waals surface area contributed by atoms with Crippen LogP contribution >= 0.6 is 11.8 Å². The predicted molar refractivity (Wildman–Crippen MR) is 86.0 cm³/mol. The van der Waals surface area contributed by atoms with Crippen molar-refractivity contribution in [2.75, 3.05) is 6.26 Å². The Labute approximate surface area is 124 Å². The highest BCUT2D eigenvalue weighted by atomic mass is 32.2. The number of hydrogen-bond donors (Lipinski definition) is 1. The molecule has 2 aromatic rings. The number of rotatable bonds is 5. The van der Waals surface area contributed by atoms with Crippen LogP contribution in [0.25, 0.3) is 0 Å².